The van der Waals surface area contributed by atoms with Gasteiger partial charge >= 0.3 is 6.09 Å². The lowest BCUT2D eigenvalue weighted by molar-refractivity contribution is 0.0636. The van der Waals surface area contributed by atoms with Crippen LogP contribution in [0.3, 0.4) is 0 Å². The van der Waals surface area contributed by atoms with Gasteiger partial charge in [-0.1, -0.05) is 6.58 Å². The van der Waals surface area contributed by atoms with Crippen molar-refractivity contribution < 1.29 is 14.3 Å². The molecule has 1 N–H and O–H groups in total. The Labute approximate surface area is 113 Å². The normalized spacial score (nSPS) is 10.7. The van der Waals surface area contributed by atoms with Crippen LogP contribution in [-0.4, -0.2) is 17.5 Å². The topological polar surface area (TPSA) is 55.4 Å². The first-order valence-electron chi connectivity index (χ1n) is 6.00. The minimum Gasteiger partial charge on any atom is -0.444 e. The van der Waals surface area contributed by atoms with Crippen molar-refractivity contribution >= 4 is 17.6 Å². The summed E-state index contributed by atoms with van der Waals surface area (Å²) in [5.41, 5.74) is 1.40. The van der Waals surface area contributed by atoms with Crippen LogP contribution >= 0.6 is 0 Å². The van der Waals surface area contributed by atoms with Gasteiger partial charge in [0.15, 0.2) is 5.78 Å². The van der Waals surface area contributed by atoms with E-state index in [0.29, 0.717) is 11.3 Å². The van der Waals surface area contributed by atoms with Crippen molar-refractivity contribution in [2.24, 2.45) is 0 Å². The van der Waals surface area contributed by atoms with Gasteiger partial charge < -0.3 is 4.74 Å². The smallest absolute Gasteiger partial charge is 0.412 e. The Morgan fingerprint density at radius 2 is 1.95 bits per heavy atom. The third-order valence-corrected chi connectivity index (χ3v) is 2.32. The molecule has 0 unspecified atom stereocenters. The minimum absolute atomic E-state index is 0.138. The first-order chi connectivity index (χ1) is 8.73. The van der Waals surface area contributed by atoms with Gasteiger partial charge in [-0.2, -0.15) is 0 Å². The summed E-state index contributed by atoms with van der Waals surface area (Å²) in [7, 11) is 0. The summed E-state index contributed by atoms with van der Waals surface area (Å²) in [4.78, 5) is 23.1. The molecule has 0 bridgehead atoms. The van der Waals surface area contributed by atoms with Crippen molar-refractivity contribution in [3.63, 3.8) is 0 Å². The van der Waals surface area contributed by atoms with E-state index in [1.807, 2.05) is 0 Å². The molecule has 0 saturated carbocycles. The lowest BCUT2D eigenvalue weighted by atomic mass is 10.0. The SMILES string of the molecule is C=CC(=O)c1ccc(NC(=O)OC(C)(C)C)cc1C. The Bertz CT molecular complexity index is 513. The van der Waals surface area contributed by atoms with E-state index in [0.717, 1.165) is 5.56 Å². The zero-order chi connectivity index (χ0) is 14.6. The number of allylic oxidation sites excluding steroid dienone is 1. The Balaban J connectivity index is 2.82. The molecule has 0 saturated heterocycles. The number of hydrogen-bond acceptors (Lipinski definition) is 3. The van der Waals surface area contributed by atoms with Crippen molar-refractivity contribution in [1.29, 1.82) is 0 Å². The predicted molar refractivity (Wildman–Crippen MR) is 75.6 cm³/mol. The van der Waals surface area contributed by atoms with Gasteiger partial charge in [0.05, 0.1) is 0 Å². The zero-order valence-corrected chi connectivity index (χ0v) is 11.7. The number of nitrogens with one attached hydrogen (secondary N) is 1. The average Bonchev–Trinajstić information content (AvgIpc) is 2.25. The maximum absolute atomic E-state index is 11.6. The molecule has 0 atom stereocenters. The highest BCUT2D eigenvalue weighted by Crippen LogP contribution is 2.17. The van der Waals surface area contributed by atoms with Gasteiger partial charge in [-0.25, -0.2) is 4.79 Å². The molecule has 0 aliphatic rings. The molecule has 0 aliphatic carbocycles. The Morgan fingerprint density at radius 1 is 1.32 bits per heavy atom. The molecule has 0 aromatic heterocycles. The minimum atomic E-state index is -0.544. The van der Waals surface area contributed by atoms with Crippen LogP contribution in [0, 0.1) is 6.92 Å². The van der Waals surface area contributed by atoms with Gasteiger partial charge in [0, 0.05) is 11.3 Å². The third kappa shape index (κ3) is 4.58. The zero-order valence-electron chi connectivity index (χ0n) is 11.7. The highest BCUT2D eigenvalue weighted by Gasteiger charge is 2.16. The molecule has 1 rings (SSSR count). The first kappa shape index (κ1) is 15.0. The lowest BCUT2D eigenvalue weighted by Gasteiger charge is -2.19. The molecule has 0 aliphatic heterocycles. The summed E-state index contributed by atoms with van der Waals surface area (Å²) in [5, 5.41) is 2.63. The van der Waals surface area contributed by atoms with Crippen molar-refractivity contribution in [2.45, 2.75) is 33.3 Å². The first-order valence-corrected chi connectivity index (χ1v) is 6.00. The second-order valence-corrected chi connectivity index (χ2v) is 5.22. The van der Waals surface area contributed by atoms with Crippen LogP contribution in [0.1, 0.15) is 36.7 Å². The molecule has 4 nitrogen and oxygen atoms in total. The summed E-state index contributed by atoms with van der Waals surface area (Å²) in [5.74, 6) is -0.138. The lowest BCUT2D eigenvalue weighted by Crippen LogP contribution is -2.27. The van der Waals surface area contributed by atoms with Gasteiger partial charge in [0.1, 0.15) is 5.60 Å². The maximum atomic E-state index is 11.6. The van der Waals surface area contributed by atoms with E-state index >= 15 is 0 Å². The number of ketones is 1. The van der Waals surface area contributed by atoms with E-state index in [9.17, 15) is 9.59 Å². The monoisotopic (exact) mass is 261 g/mol. The standard InChI is InChI=1S/C15H19NO3/c1-6-13(17)12-8-7-11(9-10(12)2)16-14(18)19-15(3,4)5/h6-9H,1H2,2-5H3,(H,16,18). The summed E-state index contributed by atoms with van der Waals surface area (Å²) in [6, 6.07) is 5.04. The van der Waals surface area contributed by atoms with Gasteiger partial charge in [-0.3, -0.25) is 10.1 Å². The number of anilines is 1. The van der Waals surface area contributed by atoms with Crippen LogP contribution in [0.2, 0.25) is 0 Å². The van der Waals surface area contributed by atoms with Crippen LogP contribution in [0.4, 0.5) is 10.5 Å². The summed E-state index contributed by atoms with van der Waals surface area (Å²) < 4.78 is 5.15. The summed E-state index contributed by atoms with van der Waals surface area (Å²) in [6.45, 7) is 10.6. The third-order valence-electron chi connectivity index (χ3n) is 2.32. The molecule has 1 aromatic carbocycles. The molecular formula is C15H19NO3. The molecule has 1 amide bonds. The Morgan fingerprint density at radius 3 is 2.42 bits per heavy atom. The number of hydrogen-bond donors (Lipinski definition) is 1. The number of rotatable bonds is 3. The highest BCUT2D eigenvalue weighted by molar-refractivity contribution is 6.05. The Hall–Kier alpha value is -2.10. The van der Waals surface area contributed by atoms with Crippen LogP contribution in [0.25, 0.3) is 0 Å². The molecule has 0 spiro atoms. The van der Waals surface area contributed by atoms with Crippen LogP contribution in [0.15, 0.2) is 30.9 Å². The van der Waals surface area contributed by atoms with E-state index < -0.39 is 11.7 Å². The number of aryl methyl sites for hydroxylation is 1. The molecule has 4 heteroatoms. The average molecular weight is 261 g/mol. The van der Waals surface area contributed by atoms with Crippen molar-refractivity contribution in [3.8, 4) is 0 Å². The number of ether oxygens (including phenoxy) is 1. The fraction of sp³-hybridized carbons (Fsp3) is 0.333. The molecule has 102 valence electrons. The van der Waals surface area contributed by atoms with Crippen LogP contribution in [-0.2, 0) is 4.74 Å². The van der Waals surface area contributed by atoms with Gasteiger partial charge in [-0.15, -0.1) is 0 Å². The van der Waals surface area contributed by atoms with Gasteiger partial charge in [0.2, 0.25) is 0 Å². The van der Waals surface area contributed by atoms with E-state index in [1.165, 1.54) is 6.08 Å². The fourth-order valence-electron chi connectivity index (χ4n) is 1.55. The number of amides is 1. The van der Waals surface area contributed by atoms with E-state index in [-0.39, 0.29) is 5.78 Å². The predicted octanol–water partition coefficient (Wildman–Crippen LogP) is 3.71. The molecule has 0 fully saturated rings. The van der Waals surface area contributed by atoms with E-state index in [2.05, 4.69) is 11.9 Å². The second-order valence-electron chi connectivity index (χ2n) is 5.22. The van der Waals surface area contributed by atoms with Crippen molar-refractivity contribution in [3.05, 3.63) is 42.0 Å². The molecule has 0 heterocycles. The number of carbonyl (C=O) groups is 2. The molecule has 1 aromatic rings. The van der Waals surface area contributed by atoms with Crippen molar-refractivity contribution in [1.82, 2.24) is 0 Å². The Kier molecular flexibility index (Phi) is 4.48. The largest absolute Gasteiger partial charge is 0.444 e. The van der Waals surface area contributed by atoms with E-state index in [4.69, 9.17) is 4.74 Å². The van der Waals surface area contributed by atoms with Crippen LogP contribution < -0.4 is 5.32 Å². The molecule has 0 radical (unpaired) electrons. The second kappa shape index (κ2) is 5.69. The quantitative estimate of drug-likeness (QED) is 0.666. The maximum Gasteiger partial charge on any atom is 0.412 e. The molecule has 19 heavy (non-hydrogen) atoms. The number of carbonyl (C=O) groups excluding carboxylic acids is 2. The highest BCUT2D eigenvalue weighted by atomic mass is 16.6. The molecular weight excluding hydrogens is 242 g/mol. The van der Waals surface area contributed by atoms with E-state index in [1.54, 1.807) is 45.9 Å². The van der Waals surface area contributed by atoms with Crippen molar-refractivity contribution in [2.75, 3.05) is 5.32 Å². The summed E-state index contributed by atoms with van der Waals surface area (Å²) in [6.07, 6.45) is 0.748. The fourth-order valence-corrected chi connectivity index (χ4v) is 1.55. The summed E-state index contributed by atoms with van der Waals surface area (Å²) >= 11 is 0. The van der Waals surface area contributed by atoms with Gasteiger partial charge in [-0.05, 0) is 57.5 Å². The van der Waals surface area contributed by atoms with Gasteiger partial charge in [0.25, 0.3) is 0 Å². The van der Waals surface area contributed by atoms with Crippen LogP contribution in [0.5, 0.6) is 0 Å². The number of benzene rings is 1.